The molecule has 23 heavy (non-hydrogen) atoms. The molecule has 1 aliphatic rings. The molecule has 0 saturated heterocycles. The van der Waals surface area contributed by atoms with Gasteiger partial charge in [0.25, 0.3) is 0 Å². The maximum absolute atomic E-state index is 12.3. The summed E-state index contributed by atoms with van der Waals surface area (Å²) in [5, 5.41) is 20.1. The average molecular weight is 314 g/mol. The number of nitrogens with one attached hydrogen (secondary N) is 2. The summed E-state index contributed by atoms with van der Waals surface area (Å²) >= 11 is 0. The van der Waals surface area contributed by atoms with Crippen LogP contribution in [0.5, 0.6) is 0 Å². The molecule has 0 aliphatic heterocycles. The van der Waals surface area contributed by atoms with Crippen LogP contribution in [0, 0.1) is 0 Å². The van der Waals surface area contributed by atoms with E-state index in [9.17, 15) is 9.90 Å². The van der Waals surface area contributed by atoms with Gasteiger partial charge in [-0.15, -0.1) is 0 Å². The SMILES string of the molecule is CC(C)(C)n1nccc1NC(=O)NC1c2ccccc2CC1O. The van der Waals surface area contributed by atoms with E-state index in [-0.39, 0.29) is 11.6 Å². The lowest BCUT2D eigenvalue weighted by Gasteiger charge is -2.23. The molecule has 0 fully saturated rings. The standard InChI is InChI=1S/C17H22N4O2/c1-17(2,3)21-14(8-9-18-21)19-16(23)20-15-12-7-5-4-6-11(12)10-13(15)22/h4-9,13,15,22H,10H2,1-3H3,(H2,19,20,23). The number of rotatable bonds is 2. The Morgan fingerprint density at radius 1 is 1.30 bits per heavy atom. The highest BCUT2D eigenvalue weighted by molar-refractivity contribution is 5.88. The minimum atomic E-state index is -0.606. The molecule has 6 nitrogen and oxygen atoms in total. The summed E-state index contributed by atoms with van der Waals surface area (Å²) in [5.74, 6) is 0.621. The largest absolute Gasteiger partial charge is 0.390 e. The third-order valence-corrected chi connectivity index (χ3v) is 4.01. The predicted octanol–water partition coefficient (Wildman–Crippen LogP) is 2.42. The van der Waals surface area contributed by atoms with Gasteiger partial charge in [-0.25, -0.2) is 9.48 Å². The summed E-state index contributed by atoms with van der Waals surface area (Å²) in [6, 6.07) is 8.79. The van der Waals surface area contributed by atoms with Crippen LogP contribution < -0.4 is 10.6 Å². The first kappa shape index (κ1) is 15.6. The maximum atomic E-state index is 12.3. The second kappa shape index (κ2) is 5.70. The van der Waals surface area contributed by atoms with Crippen molar-refractivity contribution in [2.75, 3.05) is 5.32 Å². The molecule has 2 aromatic rings. The van der Waals surface area contributed by atoms with Crippen LogP contribution in [-0.4, -0.2) is 27.0 Å². The number of amides is 2. The summed E-state index contributed by atoms with van der Waals surface area (Å²) < 4.78 is 1.76. The summed E-state index contributed by atoms with van der Waals surface area (Å²) in [5.41, 5.74) is 1.82. The van der Waals surface area contributed by atoms with Crippen molar-refractivity contribution in [3.63, 3.8) is 0 Å². The third-order valence-electron chi connectivity index (χ3n) is 4.01. The highest BCUT2D eigenvalue weighted by atomic mass is 16.3. The molecule has 2 unspecified atom stereocenters. The van der Waals surface area contributed by atoms with E-state index < -0.39 is 12.1 Å². The smallest absolute Gasteiger partial charge is 0.320 e. The Labute approximate surface area is 135 Å². The normalized spacial score (nSPS) is 20.2. The van der Waals surface area contributed by atoms with Crippen LogP contribution in [0.1, 0.15) is 37.9 Å². The number of hydrogen-bond donors (Lipinski definition) is 3. The number of aliphatic hydroxyl groups excluding tert-OH is 1. The fraction of sp³-hybridized carbons (Fsp3) is 0.412. The molecule has 2 atom stereocenters. The first-order valence-corrected chi connectivity index (χ1v) is 7.74. The van der Waals surface area contributed by atoms with Crippen molar-refractivity contribution in [1.29, 1.82) is 0 Å². The fourth-order valence-corrected chi connectivity index (χ4v) is 2.97. The topological polar surface area (TPSA) is 79.2 Å². The number of hydrogen-bond acceptors (Lipinski definition) is 3. The highest BCUT2D eigenvalue weighted by Gasteiger charge is 2.32. The Bertz CT molecular complexity index is 717. The summed E-state index contributed by atoms with van der Waals surface area (Å²) in [7, 11) is 0. The van der Waals surface area contributed by atoms with Crippen molar-refractivity contribution in [2.45, 2.75) is 44.9 Å². The molecular formula is C17H22N4O2. The Morgan fingerprint density at radius 2 is 2.04 bits per heavy atom. The van der Waals surface area contributed by atoms with Gasteiger partial charge in [0.2, 0.25) is 0 Å². The van der Waals surface area contributed by atoms with Crippen molar-refractivity contribution in [2.24, 2.45) is 0 Å². The van der Waals surface area contributed by atoms with E-state index in [0.29, 0.717) is 12.2 Å². The van der Waals surface area contributed by atoms with Gasteiger partial charge in [-0.1, -0.05) is 24.3 Å². The number of carbonyl (C=O) groups excluding carboxylic acids is 1. The van der Waals surface area contributed by atoms with Gasteiger partial charge in [0.1, 0.15) is 5.82 Å². The van der Waals surface area contributed by atoms with Gasteiger partial charge >= 0.3 is 6.03 Å². The van der Waals surface area contributed by atoms with E-state index >= 15 is 0 Å². The van der Waals surface area contributed by atoms with Crippen LogP contribution in [0.3, 0.4) is 0 Å². The third kappa shape index (κ3) is 3.07. The van der Waals surface area contributed by atoms with Gasteiger partial charge < -0.3 is 10.4 Å². The van der Waals surface area contributed by atoms with Crippen molar-refractivity contribution in [1.82, 2.24) is 15.1 Å². The van der Waals surface area contributed by atoms with Crippen LogP contribution in [0.2, 0.25) is 0 Å². The Balaban J connectivity index is 1.73. The molecular weight excluding hydrogens is 292 g/mol. The maximum Gasteiger partial charge on any atom is 0.320 e. The molecule has 0 saturated carbocycles. The van der Waals surface area contributed by atoms with Crippen LogP contribution in [0.25, 0.3) is 0 Å². The number of aliphatic hydroxyl groups is 1. The van der Waals surface area contributed by atoms with Gasteiger partial charge in [-0.2, -0.15) is 5.10 Å². The van der Waals surface area contributed by atoms with Crippen LogP contribution >= 0.6 is 0 Å². The highest BCUT2D eigenvalue weighted by Crippen LogP contribution is 2.31. The second-order valence-electron chi connectivity index (χ2n) is 6.85. The molecule has 6 heteroatoms. The number of benzene rings is 1. The number of fused-ring (bicyclic) bond motifs is 1. The minimum Gasteiger partial charge on any atom is -0.390 e. The first-order chi connectivity index (χ1) is 10.9. The number of nitrogens with zero attached hydrogens (tertiary/aromatic N) is 2. The zero-order valence-corrected chi connectivity index (χ0v) is 13.6. The molecule has 0 radical (unpaired) electrons. The van der Waals surface area contributed by atoms with Gasteiger partial charge in [0.05, 0.1) is 23.9 Å². The van der Waals surface area contributed by atoms with Crippen LogP contribution in [0.15, 0.2) is 36.5 Å². The van der Waals surface area contributed by atoms with Gasteiger partial charge in [-0.05, 0) is 31.9 Å². The van der Waals surface area contributed by atoms with E-state index in [2.05, 4.69) is 15.7 Å². The van der Waals surface area contributed by atoms with Crippen molar-refractivity contribution in [3.8, 4) is 0 Å². The van der Waals surface area contributed by atoms with Gasteiger partial charge in [0, 0.05) is 12.5 Å². The Kier molecular flexibility index (Phi) is 3.85. The molecule has 3 rings (SSSR count). The number of carbonyl (C=O) groups is 1. The monoisotopic (exact) mass is 314 g/mol. The molecule has 122 valence electrons. The van der Waals surface area contributed by atoms with E-state index in [1.807, 2.05) is 45.0 Å². The van der Waals surface area contributed by atoms with Crippen molar-refractivity contribution < 1.29 is 9.90 Å². The van der Waals surface area contributed by atoms with Crippen molar-refractivity contribution >= 4 is 11.8 Å². The lowest BCUT2D eigenvalue weighted by molar-refractivity contribution is 0.144. The predicted molar refractivity (Wildman–Crippen MR) is 88.3 cm³/mol. The molecule has 1 aromatic heterocycles. The number of anilines is 1. The summed E-state index contributed by atoms with van der Waals surface area (Å²) in [6.45, 7) is 6.04. The van der Waals surface area contributed by atoms with Crippen LogP contribution in [0.4, 0.5) is 10.6 Å². The molecule has 2 amide bonds. The van der Waals surface area contributed by atoms with Crippen molar-refractivity contribution in [3.05, 3.63) is 47.7 Å². The summed E-state index contributed by atoms with van der Waals surface area (Å²) in [4.78, 5) is 12.3. The van der Waals surface area contributed by atoms with E-state index in [0.717, 1.165) is 11.1 Å². The average Bonchev–Trinajstić information content (AvgIpc) is 3.04. The fourth-order valence-electron chi connectivity index (χ4n) is 2.97. The number of urea groups is 1. The molecule has 1 aromatic carbocycles. The second-order valence-corrected chi connectivity index (χ2v) is 6.85. The zero-order valence-electron chi connectivity index (χ0n) is 13.6. The first-order valence-electron chi connectivity index (χ1n) is 7.74. The Hall–Kier alpha value is -2.34. The van der Waals surface area contributed by atoms with Gasteiger partial charge in [-0.3, -0.25) is 5.32 Å². The molecule has 0 spiro atoms. The minimum absolute atomic E-state index is 0.231. The lowest BCUT2D eigenvalue weighted by Crippen LogP contribution is -2.38. The quantitative estimate of drug-likeness (QED) is 0.796. The van der Waals surface area contributed by atoms with E-state index in [1.54, 1.807) is 16.9 Å². The molecule has 0 bridgehead atoms. The zero-order chi connectivity index (χ0) is 16.6. The van der Waals surface area contributed by atoms with Gasteiger partial charge in [0.15, 0.2) is 0 Å². The van der Waals surface area contributed by atoms with Crippen LogP contribution in [-0.2, 0) is 12.0 Å². The molecule has 3 N–H and O–H groups in total. The molecule has 1 heterocycles. The van der Waals surface area contributed by atoms with E-state index in [1.165, 1.54) is 0 Å². The lowest BCUT2D eigenvalue weighted by atomic mass is 10.1. The number of aromatic nitrogens is 2. The molecule has 1 aliphatic carbocycles. The Morgan fingerprint density at radius 3 is 2.78 bits per heavy atom. The van der Waals surface area contributed by atoms with E-state index in [4.69, 9.17) is 0 Å². The summed E-state index contributed by atoms with van der Waals surface area (Å²) in [6.07, 6.45) is 1.60.